The zero-order chi connectivity index (χ0) is 17.2. The molecular formula is C15H18Cl2N4O3S. The van der Waals surface area contributed by atoms with Crippen molar-refractivity contribution in [3.63, 3.8) is 0 Å². The molecule has 2 heterocycles. The molecule has 0 saturated carbocycles. The van der Waals surface area contributed by atoms with E-state index in [9.17, 15) is 13.2 Å². The average Bonchev–Trinajstić information content (AvgIpc) is 2.99. The number of fused-ring (bicyclic) bond motifs is 1. The number of rotatable bonds is 5. The smallest absolute Gasteiger partial charge is 0.272 e. The molecule has 0 bridgehead atoms. The number of aromatic amines is 1. The predicted octanol–water partition coefficient (Wildman–Crippen LogP) is 1.33. The van der Waals surface area contributed by atoms with Gasteiger partial charge < -0.3 is 10.6 Å². The Morgan fingerprint density at radius 3 is 2.72 bits per heavy atom. The molecule has 136 valence electrons. The SMILES string of the molecule is Cl.O=C(NCCS(=O)(=O)c1ccc(Cl)cc1)c1n[nH]c2c1CNCC2. The summed E-state index contributed by atoms with van der Waals surface area (Å²) in [5.41, 5.74) is 2.12. The lowest BCUT2D eigenvalue weighted by Gasteiger charge is -2.12. The van der Waals surface area contributed by atoms with Crippen LogP contribution in [0.5, 0.6) is 0 Å². The number of carbonyl (C=O) groups is 1. The van der Waals surface area contributed by atoms with Crippen molar-refractivity contribution in [2.45, 2.75) is 17.9 Å². The summed E-state index contributed by atoms with van der Waals surface area (Å²) in [6.07, 6.45) is 0.792. The zero-order valence-corrected chi connectivity index (χ0v) is 15.6. The normalized spacial score (nSPS) is 13.6. The largest absolute Gasteiger partial charge is 0.350 e. The summed E-state index contributed by atoms with van der Waals surface area (Å²) in [5.74, 6) is -0.562. The van der Waals surface area contributed by atoms with Gasteiger partial charge in [0.1, 0.15) is 0 Å². The van der Waals surface area contributed by atoms with E-state index in [2.05, 4.69) is 20.8 Å². The van der Waals surface area contributed by atoms with E-state index in [-0.39, 0.29) is 35.5 Å². The van der Waals surface area contributed by atoms with Crippen molar-refractivity contribution in [2.75, 3.05) is 18.8 Å². The Morgan fingerprint density at radius 1 is 1.28 bits per heavy atom. The summed E-state index contributed by atoms with van der Waals surface area (Å²) < 4.78 is 24.4. The number of aromatic nitrogens is 2. The number of hydrogen-bond acceptors (Lipinski definition) is 5. The summed E-state index contributed by atoms with van der Waals surface area (Å²) in [7, 11) is -3.47. The molecule has 3 N–H and O–H groups in total. The Kier molecular flexibility index (Phi) is 6.45. The maximum absolute atomic E-state index is 12.2. The zero-order valence-electron chi connectivity index (χ0n) is 13.2. The van der Waals surface area contributed by atoms with Crippen LogP contribution in [0.25, 0.3) is 0 Å². The van der Waals surface area contributed by atoms with Crippen molar-refractivity contribution < 1.29 is 13.2 Å². The minimum atomic E-state index is -3.47. The number of nitrogens with zero attached hydrogens (tertiary/aromatic N) is 1. The van der Waals surface area contributed by atoms with Crippen molar-refractivity contribution in [1.29, 1.82) is 0 Å². The highest BCUT2D eigenvalue weighted by Gasteiger charge is 2.22. The fraction of sp³-hybridized carbons (Fsp3) is 0.333. The van der Waals surface area contributed by atoms with Crippen molar-refractivity contribution in [3.05, 3.63) is 46.2 Å². The first kappa shape index (κ1) is 19.7. The number of benzene rings is 1. The fourth-order valence-corrected chi connectivity index (χ4v) is 3.84. The highest BCUT2D eigenvalue weighted by Crippen LogP contribution is 2.16. The van der Waals surface area contributed by atoms with Crippen molar-refractivity contribution in [1.82, 2.24) is 20.8 Å². The quantitative estimate of drug-likeness (QED) is 0.697. The molecule has 0 unspecified atom stereocenters. The molecule has 0 saturated heterocycles. The van der Waals surface area contributed by atoms with E-state index < -0.39 is 9.84 Å². The average molecular weight is 405 g/mol. The van der Waals surface area contributed by atoms with Crippen LogP contribution >= 0.6 is 24.0 Å². The molecule has 0 aliphatic carbocycles. The van der Waals surface area contributed by atoms with Crippen LogP contribution in [0, 0.1) is 0 Å². The second-order valence-corrected chi connectivity index (χ2v) is 8.03. The molecular weight excluding hydrogens is 387 g/mol. The molecule has 1 aliphatic heterocycles. The highest BCUT2D eigenvalue weighted by molar-refractivity contribution is 7.91. The van der Waals surface area contributed by atoms with Crippen LogP contribution in [-0.4, -0.2) is 43.4 Å². The lowest BCUT2D eigenvalue weighted by molar-refractivity contribution is 0.0950. The molecule has 0 fully saturated rings. The van der Waals surface area contributed by atoms with Crippen LogP contribution in [0.1, 0.15) is 21.7 Å². The Balaban J connectivity index is 0.00000225. The van der Waals surface area contributed by atoms with Crippen molar-refractivity contribution >= 4 is 39.8 Å². The van der Waals surface area contributed by atoms with Crippen LogP contribution in [0.3, 0.4) is 0 Å². The molecule has 25 heavy (non-hydrogen) atoms. The number of H-pyrrole nitrogens is 1. The predicted molar refractivity (Wildman–Crippen MR) is 97.1 cm³/mol. The second-order valence-electron chi connectivity index (χ2n) is 5.48. The van der Waals surface area contributed by atoms with Gasteiger partial charge in [0.25, 0.3) is 5.91 Å². The number of amides is 1. The number of hydrogen-bond donors (Lipinski definition) is 3. The first-order chi connectivity index (χ1) is 11.5. The Labute approximate surface area is 156 Å². The van der Waals surface area contributed by atoms with Gasteiger partial charge in [-0.2, -0.15) is 5.10 Å². The van der Waals surface area contributed by atoms with Gasteiger partial charge in [0.15, 0.2) is 15.5 Å². The molecule has 0 spiro atoms. The van der Waals surface area contributed by atoms with E-state index in [0.717, 1.165) is 24.2 Å². The van der Waals surface area contributed by atoms with Crippen LogP contribution in [0.15, 0.2) is 29.2 Å². The third-order valence-corrected chi connectivity index (χ3v) is 5.83. The number of carbonyl (C=O) groups excluding carboxylic acids is 1. The van der Waals surface area contributed by atoms with E-state index in [4.69, 9.17) is 11.6 Å². The van der Waals surface area contributed by atoms with Gasteiger partial charge in [0.05, 0.1) is 10.6 Å². The summed E-state index contributed by atoms with van der Waals surface area (Å²) in [5, 5.41) is 13.2. The molecule has 2 aromatic rings. The van der Waals surface area contributed by atoms with Gasteiger partial charge in [-0.05, 0) is 24.3 Å². The minimum absolute atomic E-state index is 0. The van der Waals surface area contributed by atoms with E-state index >= 15 is 0 Å². The third kappa shape index (κ3) is 4.52. The molecule has 0 radical (unpaired) electrons. The van der Waals surface area contributed by atoms with E-state index in [1.807, 2.05) is 0 Å². The van der Waals surface area contributed by atoms with Gasteiger partial charge in [0, 0.05) is 42.3 Å². The maximum atomic E-state index is 12.2. The Hall–Kier alpha value is -1.61. The van der Waals surface area contributed by atoms with Gasteiger partial charge in [-0.25, -0.2) is 8.42 Å². The molecule has 1 aromatic heterocycles. The maximum Gasteiger partial charge on any atom is 0.272 e. The Morgan fingerprint density at radius 2 is 2.00 bits per heavy atom. The van der Waals surface area contributed by atoms with Gasteiger partial charge in [-0.15, -0.1) is 12.4 Å². The van der Waals surface area contributed by atoms with Gasteiger partial charge in [0.2, 0.25) is 0 Å². The number of nitrogens with one attached hydrogen (secondary N) is 3. The lowest BCUT2D eigenvalue weighted by Crippen LogP contribution is -2.31. The summed E-state index contributed by atoms with van der Waals surface area (Å²) >= 11 is 5.76. The molecule has 10 heteroatoms. The van der Waals surface area contributed by atoms with Crippen LogP contribution < -0.4 is 10.6 Å². The van der Waals surface area contributed by atoms with E-state index in [1.165, 1.54) is 24.3 Å². The van der Waals surface area contributed by atoms with Crippen LogP contribution in [0.4, 0.5) is 0 Å². The second kappa shape index (κ2) is 8.18. The number of sulfone groups is 1. The first-order valence-electron chi connectivity index (χ1n) is 7.51. The topological polar surface area (TPSA) is 104 Å². The first-order valence-corrected chi connectivity index (χ1v) is 9.54. The summed E-state index contributed by atoms with van der Waals surface area (Å²) in [6, 6.07) is 5.95. The summed E-state index contributed by atoms with van der Waals surface area (Å²) in [6.45, 7) is 1.44. The van der Waals surface area contributed by atoms with Crippen LogP contribution in [0.2, 0.25) is 5.02 Å². The monoisotopic (exact) mass is 404 g/mol. The van der Waals surface area contributed by atoms with E-state index in [1.54, 1.807) is 0 Å². The third-order valence-electron chi connectivity index (χ3n) is 3.85. The molecule has 1 amide bonds. The van der Waals surface area contributed by atoms with Gasteiger partial charge in [-0.3, -0.25) is 9.89 Å². The van der Waals surface area contributed by atoms with E-state index in [0.29, 0.717) is 17.3 Å². The fourth-order valence-electron chi connectivity index (χ4n) is 2.56. The molecule has 3 rings (SSSR count). The summed E-state index contributed by atoms with van der Waals surface area (Å²) in [4.78, 5) is 12.4. The molecule has 1 aliphatic rings. The van der Waals surface area contributed by atoms with Gasteiger partial charge >= 0.3 is 0 Å². The number of halogens is 2. The van der Waals surface area contributed by atoms with Crippen molar-refractivity contribution in [2.24, 2.45) is 0 Å². The van der Waals surface area contributed by atoms with Crippen LogP contribution in [-0.2, 0) is 22.8 Å². The molecule has 1 aromatic carbocycles. The van der Waals surface area contributed by atoms with Gasteiger partial charge in [-0.1, -0.05) is 11.6 Å². The molecule has 0 atom stereocenters. The minimum Gasteiger partial charge on any atom is -0.350 e. The molecule has 7 nitrogen and oxygen atoms in total. The highest BCUT2D eigenvalue weighted by atomic mass is 35.5. The standard InChI is InChI=1S/C15H17ClN4O3S.ClH/c16-10-1-3-11(4-2-10)24(22,23)8-7-18-15(21)14-12-9-17-6-5-13(12)19-20-14;/h1-4,17H,5-9H2,(H,18,21)(H,19,20);1H. The Bertz CT molecular complexity index is 850. The lowest BCUT2D eigenvalue weighted by atomic mass is 10.1. The van der Waals surface area contributed by atoms with Crippen molar-refractivity contribution in [3.8, 4) is 0 Å².